The zero-order valence-electron chi connectivity index (χ0n) is 14.3. The summed E-state index contributed by atoms with van der Waals surface area (Å²) in [5.74, 6) is -0.645. The normalized spacial score (nSPS) is 11.9. The van der Waals surface area contributed by atoms with Gasteiger partial charge in [0.15, 0.2) is 9.84 Å². The number of nitrogens with zero attached hydrogens (tertiary/aromatic N) is 2. The highest BCUT2D eigenvalue weighted by molar-refractivity contribution is 7.90. The number of alkyl halides is 4. The molecule has 0 bridgehead atoms. The molecule has 1 aromatic heterocycles. The first-order valence-electron chi connectivity index (χ1n) is 7.48. The molecule has 0 fully saturated rings. The van der Waals surface area contributed by atoms with Crippen LogP contribution in [0.1, 0.15) is 5.56 Å². The number of halogens is 4. The first-order valence-corrected chi connectivity index (χ1v) is 9.37. The minimum absolute atomic E-state index is 0.00918. The van der Waals surface area contributed by atoms with Gasteiger partial charge in [0.25, 0.3) is 0 Å². The van der Waals surface area contributed by atoms with E-state index in [4.69, 9.17) is 4.74 Å². The van der Waals surface area contributed by atoms with E-state index in [-0.39, 0.29) is 28.9 Å². The summed E-state index contributed by atoms with van der Waals surface area (Å²) in [5, 5.41) is 4.98. The maximum Gasteiger partial charge on any atom is 0.421 e. The van der Waals surface area contributed by atoms with Gasteiger partial charge in [-0.05, 0) is 12.1 Å². The molecule has 2 aromatic rings. The number of hydrogen-bond donors (Lipinski definition) is 2. The molecule has 0 spiro atoms. The third-order valence-electron chi connectivity index (χ3n) is 3.29. The first-order chi connectivity index (χ1) is 12.6. The molecule has 7 nitrogen and oxygen atoms in total. The minimum atomic E-state index is -4.64. The van der Waals surface area contributed by atoms with Gasteiger partial charge >= 0.3 is 6.18 Å². The lowest BCUT2D eigenvalue weighted by atomic mass is 10.3. The van der Waals surface area contributed by atoms with E-state index in [2.05, 4.69) is 20.6 Å². The van der Waals surface area contributed by atoms with Gasteiger partial charge < -0.3 is 15.4 Å². The van der Waals surface area contributed by atoms with Crippen molar-refractivity contribution in [1.29, 1.82) is 0 Å². The summed E-state index contributed by atoms with van der Waals surface area (Å²) >= 11 is 0. The highest BCUT2D eigenvalue weighted by atomic mass is 32.2. The van der Waals surface area contributed by atoms with Crippen molar-refractivity contribution in [1.82, 2.24) is 9.97 Å². The lowest BCUT2D eigenvalue weighted by Crippen LogP contribution is -2.13. The Morgan fingerprint density at radius 2 is 1.96 bits per heavy atom. The number of ether oxygens (including phenoxy) is 1. The van der Waals surface area contributed by atoms with Crippen molar-refractivity contribution in [3.05, 3.63) is 30.0 Å². The minimum Gasteiger partial charge on any atom is -0.489 e. The van der Waals surface area contributed by atoms with Crippen LogP contribution in [0.3, 0.4) is 0 Å². The number of aromatic nitrogens is 2. The van der Waals surface area contributed by atoms with Gasteiger partial charge in [-0.1, -0.05) is 0 Å². The molecular weight excluding hydrogens is 392 g/mol. The fourth-order valence-electron chi connectivity index (χ4n) is 2.07. The Labute approximate surface area is 152 Å². The van der Waals surface area contributed by atoms with Crippen LogP contribution in [0.5, 0.6) is 5.75 Å². The number of anilines is 3. The fourth-order valence-corrected chi connectivity index (χ4v) is 2.70. The molecule has 0 atom stereocenters. The van der Waals surface area contributed by atoms with E-state index in [0.29, 0.717) is 6.20 Å². The monoisotopic (exact) mass is 408 g/mol. The van der Waals surface area contributed by atoms with Crippen LogP contribution in [0, 0.1) is 0 Å². The van der Waals surface area contributed by atoms with Crippen LogP contribution in [-0.2, 0) is 16.0 Å². The van der Waals surface area contributed by atoms with E-state index < -0.39 is 34.1 Å². The smallest absolute Gasteiger partial charge is 0.421 e. The standard InChI is InChI=1S/C15H16F4N4O3S/c1-20-13-10(15(17,18)19)8-21-14(23-13)22-11-4-3-9(27(2,24)25)7-12(11)26-6-5-16/h3-4,7-8H,5-6H2,1-2H3,(H2,20,21,22,23). The van der Waals surface area contributed by atoms with E-state index in [1.807, 2.05) is 0 Å². The Kier molecular flexibility index (Phi) is 6.08. The largest absolute Gasteiger partial charge is 0.489 e. The van der Waals surface area contributed by atoms with Crippen LogP contribution in [0.25, 0.3) is 0 Å². The van der Waals surface area contributed by atoms with Crippen LogP contribution in [0.2, 0.25) is 0 Å². The van der Waals surface area contributed by atoms with Crippen molar-refractivity contribution >= 4 is 27.3 Å². The van der Waals surface area contributed by atoms with Crippen molar-refractivity contribution in [3.8, 4) is 5.75 Å². The number of benzene rings is 1. The van der Waals surface area contributed by atoms with Gasteiger partial charge in [0.2, 0.25) is 5.95 Å². The maximum absolute atomic E-state index is 12.9. The topological polar surface area (TPSA) is 93.2 Å². The number of rotatable bonds is 7. The van der Waals surface area contributed by atoms with Gasteiger partial charge in [-0.2, -0.15) is 18.2 Å². The molecule has 0 radical (unpaired) electrons. The Morgan fingerprint density at radius 3 is 2.52 bits per heavy atom. The molecule has 0 amide bonds. The lowest BCUT2D eigenvalue weighted by molar-refractivity contribution is -0.137. The third-order valence-corrected chi connectivity index (χ3v) is 4.40. The molecule has 0 aliphatic heterocycles. The Hall–Kier alpha value is -2.63. The van der Waals surface area contributed by atoms with Crippen molar-refractivity contribution in [3.63, 3.8) is 0 Å². The Bertz CT molecular complexity index is 920. The van der Waals surface area contributed by atoms with E-state index in [1.54, 1.807) is 0 Å². The highest BCUT2D eigenvalue weighted by Crippen LogP contribution is 2.35. The lowest BCUT2D eigenvalue weighted by Gasteiger charge is -2.15. The summed E-state index contributed by atoms with van der Waals surface area (Å²) in [7, 11) is -2.26. The first kappa shape index (κ1) is 20.7. The molecule has 2 N–H and O–H groups in total. The molecular formula is C15H16F4N4O3S. The van der Waals surface area contributed by atoms with Crippen LogP contribution >= 0.6 is 0 Å². The van der Waals surface area contributed by atoms with Crippen LogP contribution in [0.15, 0.2) is 29.3 Å². The summed E-state index contributed by atoms with van der Waals surface area (Å²) in [5.41, 5.74) is -0.880. The third kappa shape index (κ3) is 5.18. The van der Waals surface area contributed by atoms with Gasteiger partial charge in [0, 0.05) is 25.6 Å². The molecule has 1 aromatic carbocycles. The number of hydrogen-bond acceptors (Lipinski definition) is 7. The molecule has 2 rings (SSSR count). The fraction of sp³-hybridized carbons (Fsp3) is 0.333. The van der Waals surface area contributed by atoms with E-state index >= 15 is 0 Å². The van der Waals surface area contributed by atoms with Gasteiger partial charge in [0.05, 0.1) is 10.6 Å². The van der Waals surface area contributed by atoms with Crippen molar-refractivity contribution in [2.24, 2.45) is 0 Å². The van der Waals surface area contributed by atoms with Crippen LogP contribution in [-0.4, -0.2) is 45.0 Å². The molecule has 148 valence electrons. The molecule has 0 saturated heterocycles. The maximum atomic E-state index is 12.9. The molecule has 27 heavy (non-hydrogen) atoms. The second-order valence-electron chi connectivity index (χ2n) is 5.30. The van der Waals surface area contributed by atoms with E-state index in [1.165, 1.54) is 25.2 Å². The summed E-state index contributed by atoms with van der Waals surface area (Å²) in [6.45, 7) is -1.15. The van der Waals surface area contributed by atoms with E-state index in [9.17, 15) is 26.0 Å². The van der Waals surface area contributed by atoms with Crippen molar-refractivity contribution in [2.45, 2.75) is 11.1 Å². The van der Waals surface area contributed by atoms with Crippen LogP contribution < -0.4 is 15.4 Å². The predicted molar refractivity (Wildman–Crippen MR) is 90.9 cm³/mol. The van der Waals surface area contributed by atoms with Gasteiger partial charge in [-0.25, -0.2) is 17.8 Å². The van der Waals surface area contributed by atoms with Crippen molar-refractivity contribution in [2.75, 3.05) is 37.2 Å². The van der Waals surface area contributed by atoms with Gasteiger partial charge in [0.1, 0.15) is 30.4 Å². The quantitative estimate of drug-likeness (QED) is 0.680. The summed E-state index contributed by atoms with van der Waals surface area (Å²) < 4.78 is 79.6. The molecule has 12 heteroatoms. The Morgan fingerprint density at radius 1 is 1.26 bits per heavy atom. The number of sulfone groups is 1. The Balaban J connectivity index is 2.41. The molecule has 0 saturated carbocycles. The highest BCUT2D eigenvalue weighted by Gasteiger charge is 2.35. The molecule has 0 aliphatic carbocycles. The zero-order chi connectivity index (χ0) is 20.2. The zero-order valence-corrected chi connectivity index (χ0v) is 15.1. The molecule has 1 heterocycles. The van der Waals surface area contributed by atoms with Crippen LogP contribution in [0.4, 0.5) is 35.0 Å². The molecule has 0 unspecified atom stereocenters. The summed E-state index contributed by atoms with van der Waals surface area (Å²) in [6.07, 6.45) is -3.04. The average molecular weight is 408 g/mol. The molecule has 0 aliphatic rings. The van der Waals surface area contributed by atoms with Gasteiger partial charge in [-0.3, -0.25) is 0 Å². The number of nitrogens with one attached hydrogen (secondary N) is 2. The average Bonchev–Trinajstić information content (AvgIpc) is 2.58. The summed E-state index contributed by atoms with van der Waals surface area (Å²) in [4.78, 5) is 7.29. The second kappa shape index (κ2) is 7.94. The predicted octanol–water partition coefficient (Wildman–Crippen LogP) is 3.03. The summed E-state index contributed by atoms with van der Waals surface area (Å²) in [6, 6.07) is 3.77. The SMILES string of the molecule is CNc1nc(Nc2ccc(S(C)(=O)=O)cc2OCCF)ncc1C(F)(F)F. The van der Waals surface area contributed by atoms with Crippen molar-refractivity contribution < 1.29 is 30.7 Å². The van der Waals surface area contributed by atoms with E-state index in [0.717, 1.165) is 6.26 Å². The second-order valence-corrected chi connectivity index (χ2v) is 7.31. The van der Waals surface area contributed by atoms with Gasteiger partial charge in [-0.15, -0.1) is 0 Å².